The lowest BCUT2D eigenvalue weighted by molar-refractivity contribution is 0.262. The molecular weight excluding hydrogens is 372 g/mol. The van der Waals surface area contributed by atoms with Gasteiger partial charge in [-0.1, -0.05) is 35.9 Å². The second-order valence-electron chi connectivity index (χ2n) is 6.69. The predicted molar refractivity (Wildman–Crippen MR) is 114 cm³/mol. The number of amides is 2. The number of anilines is 2. The van der Waals surface area contributed by atoms with E-state index in [1.807, 2.05) is 79.2 Å². The van der Waals surface area contributed by atoms with E-state index in [1.165, 1.54) is 0 Å². The molecule has 0 bridgehead atoms. The van der Waals surface area contributed by atoms with E-state index >= 15 is 0 Å². The van der Waals surface area contributed by atoms with Crippen LogP contribution in [0.1, 0.15) is 11.1 Å². The monoisotopic (exact) mass is 390 g/mol. The molecule has 2 aromatic carbocycles. The molecule has 6 heteroatoms. The maximum Gasteiger partial charge on any atom is 0.323 e. The number of aryl methyl sites for hydroxylation is 2. The first-order chi connectivity index (χ1) is 13.5. The van der Waals surface area contributed by atoms with Crippen molar-refractivity contribution >= 4 is 34.7 Å². The zero-order chi connectivity index (χ0) is 19.7. The molecule has 2 heterocycles. The number of halogens is 1. The Bertz CT molecular complexity index is 1180. The molecule has 2 aromatic heterocycles. The molecular formula is C22H19ClN4O. The van der Waals surface area contributed by atoms with Gasteiger partial charge in [-0.2, -0.15) is 0 Å². The van der Waals surface area contributed by atoms with Crippen molar-refractivity contribution in [3.05, 3.63) is 83.1 Å². The highest BCUT2D eigenvalue weighted by Gasteiger charge is 2.09. The van der Waals surface area contributed by atoms with Crippen LogP contribution in [-0.2, 0) is 0 Å². The lowest BCUT2D eigenvalue weighted by Crippen LogP contribution is -2.19. The van der Waals surface area contributed by atoms with Crippen LogP contribution in [0.4, 0.5) is 16.2 Å². The quantitative estimate of drug-likeness (QED) is 0.456. The first kappa shape index (κ1) is 18.1. The number of aromatic nitrogens is 2. The molecule has 28 heavy (non-hydrogen) atoms. The van der Waals surface area contributed by atoms with E-state index < -0.39 is 0 Å². The van der Waals surface area contributed by atoms with E-state index in [0.29, 0.717) is 16.4 Å². The van der Waals surface area contributed by atoms with Gasteiger partial charge in [-0.15, -0.1) is 0 Å². The van der Waals surface area contributed by atoms with E-state index in [-0.39, 0.29) is 6.03 Å². The summed E-state index contributed by atoms with van der Waals surface area (Å²) in [6.45, 7) is 3.98. The summed E-state index contributed by atoms with van der Waals surface area (Å²) in [5, 5.41) is 6.12. The van der Waals surface area contributed by atoms with E-state index in [4.69, 9.17) is 16.6 Å². The molecule has 0 saturated carbocycles. The Morgan fingerprint density at radius 1 is 1.04 bits per heavy atom. The molecule has 0 unspecified atom stereocenters. The number of fused-ring (bicyclic) bond motifs is 1. The summed E-state index contributed by atoms with van der Waals surface area (Å²) < 4.78 is 2.00. The fraction of sp³-hybridized carbons (Fsp3) is 0.0909. The zero-order valence-corrected chi connectivity index (χ0v) is 16.3. The highest BCUT2D eigenvalue weighted by atomic mass is 35.5. The number of imidazole rings is 1. The Kier molecular flexibility index (Phi) is 4.75. The van der Waals surface area contributed by atoms with Crippen LogP contribution in [0.25, 0.3) is 16.9 Å². The molecule has 0 radical (unpaired) electrons. The summed E-state index contributed by atoms with van der Waals surface area (Å²) in [5.74, 6) is 0. The number of nitrogens with one attached hydrogen (secondary N) is 2. The number of hydrogen-bond donors (Lipinski definition) is 2. The summed E-state index contributed by atoms with van der Waals surface area (Å²) in [7, 11) is 0. The number of hydrogen-bond acceptors (Lipinski definition) is 2. The van der Waals surface area contributed by atoms with Crippen LogP contribution in [0, 0.1) is 13.8 Å². The van der Waals surface area contributed by atoms with Gasteiger partial charge in [0.25, 0.3) is 0 Å². The molecule has 0 aliphatic heterocycles. The maximum atomic E-state index is 12.4. The van der Waals surface area contributed by atoms with E-state index in [9.17, 15) is 4.79 Å². The molecule has 140 valence electrons. The Labute approximate surface area is 168 Å². The van der Waals surface area contributed by atoms with Gasteiger partial charge in [-0.25, -0.2) is 9.78 Å². The molecule has 0 aliphatic carbocycles. The Hall–Kier alpha value is -3.31. The number of pyridine rings is 1. The van der Waals surface area contributed by atoms with Gasteiger partial charge in [0, 0.05) is 23.6 Å². The van der Waals surface area contributed by atoms with Crippen LogP contribution in [0.5, 0.6) is 0 Å². The summed E-state index contributed by atoms with van der Waals surface area (Å²) >= 11 is 6.18. The van der Waals surface area contributed by atoms with Gasteiger partial charge in [0.1, 0.15) is 5.65 Å². The van der Waals surface area contributed by atoms with Crippen LogP contribution in [0.2, 0.25) is 5.02 Å². The van der Waals surface area contributed by atoms with Crippen LogP contribution in [0.3, 0.4) is 0 Å². The molecule has 0 aliphatic rings. The van der Waals surface area contributed by atoms with Gasteiger partial charge in [-0.05, 0) is 55.3 Å². The lowest BCUT2D eigenvalue weighted by atomic mass is 10.1. The molecule has 4 rings (SSSR count). The number of benzene rings is 2. The average molecular weight is 391 g/mol. The molecule has 0 saturated heterocycles. The summed E-state index contributed by atoms with van der Waals surface area (Å²) in [5.41, 5.74) is 6.07. The van der Waals surface area contributed by atoms with Gasteiger partial charge in [0.2, 0.25) is 0 Å². The fourth-order valence-electron chi connectivity index (χ4n) is 3.06. The van der Waals surface area contributed by atoms with Crippen molar-refractivity contribution in [1.82, 2.24) is 9.38 Å². The highest BCUT2D eigenvalue weighted by molar-refractivity contribution is 6.33. The minimum atomic E-state index is -0.353. The smallest absolute Gasteiger partial charge is 0.308 e. The second kappa shape index (κ2) is 7.37. The molecule has 2 amide bonds. The lowest BCUT2D eigenvalue weighted by Gasteiger charge is -2.10. The maximum absolute atomic E-state index is 12.4. The van der Waals surface area contributed by atoms with Gasteiger partial charge >= 0.3 is 6.03 Å². The van der Waals surface area contributed by atoms with E-state index in [0.717, 1.165) is 28.0 Å². The Balaban J connectivity index is 1.54. The second-order valence-corrected chi connectivity index (χ2v) is 7.10. The number of carbonyl (C=O) groups excluding carboxylic acids is 1. The van der Waals surface area contributed by atoms with Crippen LogP contribution in [0.15, 0.2) is 67.0 Å². The molecule has 0 spiro atoms. The molecule has 4 aromatic rings. The summed E-state index contributed by atoms with van der Waals surface area (Å²) in [6.07, 6.45) is 3.95. The summed E-state index contributed by atoms with van der Waals surface area (Å²) in [6, 6.07) is 16.8. The van der Waals surface area contributed by atoms with E-state index in [2.05, 4.69) is 10.6 Å². The van der Waals surface area contributed by atoms with Gasteiger partial charge in [-0.3, -0.25) is 0 Å². The van der Waals surface area contributed by atoms with Crippen LogP contribution >= 0.6 is 11.6 Å². The van der Waals surface area contributed by atoms with Crippen molar-refractivity contribution in [3.8, 4) is 11.3 Å². The number of nitrogens with zero attached hydrogens (tertiary/aromatic N) is 2. The van der Waals surface area contributed by atoms with Crippen molar-refractivity contribution in [3.63, 3.8) is 0 Å². The zero-order valence-electron chi connectivity index (χ0n) is 15.5. The Morgan fingerprint density at radius 2 is 1.89 bits per heavy atom. The fourth-order valence-corrected chi connectivity index (χ4v) is 3.34. The number of rotatable bonds is 3. The summed E-state index contributed by atoms with van der Waals surface area (Å²) in [4.78, 5) is 17.1. The van der Waals surface area contributed by atoms with Gasteiger partial charge in [0.15, 0.2) is 0 Å². The number of carbonyl (C=O) groups is 1. The molecule has 5 nitrogen and oxygen atoms in total. The first-order valence-electron chi connectivity index (χ1n) is 8.88. The first-order valence-corrected chi connectivity index (χ1v) is 9.26. The predicted octanol–water partition coefficient (Wildman–Crippen LogP) is 5.92. The molecule has 0 fully saturated rings. The Morgan fingerprint density at radius 3 is 2.68 bits per heavy atom. The normalized spacial score (nSPS) is 10.8. The SMILES string of the molecule is Cc1ccc(NC(=O)Nc2cccc(-c3cn4cccc(C)c4n3)c2)c(Cl)c1. The third-order valence-electron chi connectivity index (χ3n) is 4.47. The standard InChI is InChI=1S/C22H19ClN4O/c1-14-8-9-19(18(23)11-14)26-22(28)24-17-7-3-6-16(12-17)20-13-27-10-4-5-15(2)21(27)25-20/h3-13H,1-2H3,(H2,24,26,28). The minimum absolute atomic E-state index is 0.353. The van der Waals surface area contributed by atoms with Crippen molar-refractivity contribution in [2.75, 3.05) is 10.6 Å². The van der Waals surface area contributed by atoms with Crippen LogP contribution in [-0.4, -0.2) is 15.4 Å². The molecule has 0 atom stereocenters. The van der Waals surface area contributed by atoms with Crippen molar-refractivity contribution in [2.45, 2.75) is 13.8 Å². The van der Waals surface area contributed by atoms with Crippen molar-refractivity contribution in [2.24, 2.45) is 0 Å². The van der Waals surface area contributed by atoms with Crippen LogP contribution < -0.4 is 10.6 Å². The topological polar surface area (TPSA) is 58.4 Å². The van der Waals surface area contributed by atoms with E-state index in [1.54, 1.807) is 6.07 Å². The molecule has 2 N–H and O–H groups in total. The highest BCUT2D eigenvalue weighted by Crippen LogP contribution is 2.25. The third kappa shape index (κ3) is 3.70. The van der Waals surface area contributed by atoms with Gasteiger partial charge in [0.05, 0.1) is 16.4 Å². The van der Waals surface area contributed by atoms with Crippen molar-refractivity contribution < 1.29 is 4.79 Å². The van der Waals surface area contributed by atoms with Crippen molar-refractivity contribution in [1.29, 1.82) is 0 Å². The minimum Gasteiger partial charge on any atom is -0.308 e. The van der Waals surface area contributed by atoms with Gasteiger partial charge < -0.3 is 15.0 Å². The average Bonchev–Trinajstić information content (AvgIpc) is 3.10. The number of urea groups is 1. The third-order valence-corrected chi connectivity index (χ3v) is 4.78. The largest absolute Gasteiger partial charge is 0.323 e.